The first-order chi connectivity index (χ1) is 9.13. The molecule has 0 aliphatic rings. The maximum Gasteiger partial charge on any atom is 0.224 e. The molecule has 0 fully saturated rings. The van der Waals surface area contributed by atoms with Crippen LogP contribution >= 0.6 is 0 Å². The van der Waals surface area contributed by atoms with Gasteiger partial charge in [0.05, 0.1) is 19.8 Å². The predicted octanol–water partition coefficient (Wildman–Crippen LogP) is 2.90. The monoisotopic (exact) mass is 261 g/mol. The SMILES string of the molecule is CCC(C)NC(=O)Cc1coc2cc(OC)ccc12. The molecule has 1 aromatic carbocycles. The van der Waals surface area contributed by atoms with Gasteiger partial charge in [-0.1, -0.05) is 6.92 Å². The molecular formula is C15H19NO3. The molecule has 0 radical (unpaired) electrons. The van der Waals surface area contributed by atoms with Crippen molar-refractivity contribution in [2.24, 2.45) is 0 Å². The van der Waals surface area contributed by atoms with Crippen LogP contribution in [0.4, 0.5) is 0 Å². The van der Waals surface area contributed by atoms with Crippen molar-refractivity contribution in [3.63, 3.8) is 0 Å². The van der Waals surface area contributed by atoms with Gasteiger partial charge in [-0.25, -0.2) is 0 Å². The molecule has 19 heavy (non-hydrogen) atoms. The average Bonchev–Trinajstić information content (AvgIpc) is 2.80. The Morgan fingerprint density at radius 2 is 2.26 bits per heavy atom. The van der Waals surface area contributed by atoms with Gasteiger partial charge in [0.25, 0.3) is 0 Å². The highest BCUT2D eigenvalue weighted by Crippen LogP contribution is 2.25. The Kier molecular flexibility index (Phi) is 4.10. The van der Waals surface area contributed by atoms with Crippen molar-refractivity contribution in [1.82, 2.24) is 5.32 Å². The zero-order valence-corrected chi connectivity index (χ0v) is 11.5. The fourth-order valence-corrected chi connectivity index (χ4v) is 1.93. The lowest BCUT2D eigenvalue weighted by atomic mass is 10.1. The van der Waals surface area contributed by atoms with Crippen LogP contribution in [0.5, 0.6) is 5.75 Å². The zero-order valence-electron chi connectivity index (χ0n) is 11.5. The number of carbonyl (C=O) groups excluding carboxylic acids is 1. The van der Waals surface area contributed by atoms with E-state index in [1.54, 1.807) is 13.4 Å². The maximum atomic E-state index is 11.9. The van der Waals surface area contributed by atoms with E-state index in [1.165, 1.54) is 0 Å². The van der Waals surface area contributed by atoms with Gasteiger partial charge in [0.1, 0.15) is 11.3 Å². The van der Waals surface area contributed by atoms with Gasteiger partial charge in [0, 0.05) is 23.1 Å². The normalized spacial score (nSPS) is 12.4. The third kappa shape index (κ3) is 3.08. The maximum absolute atomic E-state index is 11.9. The zero-order chi connectivity index (χ0) is 13.8. The van der Waals surface area contributed by atoms with E-state index in [-0.39, 0.29) is 11.9 Å². The van der Waals surface area contributed by atoms with Gasteiger partial charge >= 0.3 is 0 Å². The molecule has 1 aromatic heterocycles. The van der Waals surface area contributed by atoms with E-state index in [1.807, 2.05) is 32.0 Å². The van der Waals surface area contributed by atoms with Gasteiger partial charge < -0.3 is 14.5 Å². The van der Waals surface area contributed by atoms with Gasteiger partial charge in [-0.05, 0) is 25.5 Å². The summed E-state index contributed by atoms with van der Waals surface area (Å²) in [5.74, 6) is 0.769. The molecule has 1 atom stereocenters. The van der Waals surface area contributed by atoms with Crippen LogP contribution in [-0.4, -0.2) is 19.1 Å². The van der Waals surface area contributed by atoms with Crippen molar-refractivity contribution in [2.75, 3.05) is 7.11 Å². The van der Waals surface area contributed by atoms with Crippen LogP contribution < -0.4 is 10.1 Å². The van der Waals surface area contributed by atoms with E-state index >= 15 is 0 Å². The van der Waals surface area contributed by atoms with Gasteiger partial charge in [-0.15, -0.1) is 0 Å². The van der Waals surface area contributed by atoms with Crippen LogP contribution in [-0.2, 0) is 11.2 Å². The molecule has 4 nitrogen and oxygen atoms in total. The van der Waals surface area contributed by atoms with Crippen LogP contribution in [0.15, 0.2) is 28.9 Å². The summed E-state index contributed by atoms with van der Waals surface area (Å²) in [6, 6.07) is 5.81. The molecule has 0 bridgehead atoms. The number of furan rings is 1. The summed E-state index contributed by atoms with van der Waals surface area (Å²) in [5.41, 5.74) is 1.64. The number of methoxy groups -OCH3 is 1. The fraction of sp³-hybridized carbons (Fsp3) is 0.400. The number of nitrogens with one attached hydrogen (secondary N) is 1. The quantitative estimate of drug-likeness (QED) is 0.900. The smallest absolute Gasteiger partial charge is 0.224 e. The summed E-state index contributed by atoms with van der Waals surface area (Å²) in [6.45, 7) is 4.04. The highest BCUT2D eigenvalue weighted by Gasteiger charge is 2.12. The minimum atomic E-state index is 0.0212. The molecule has 0 spiro atoms. The van der Waals surface area contributed by atoms with Crippen molar-refractivity contribution in [3.8, 4) is 5.75 Å². The summed E-state index contributed by atoms with van der Waals surface area (Å²) >= 11 is 0. The summed E-state index contributed by atoms with van der Waals surface area (Å²) < 4.78 is 10.6. The van der Waals surface area contributed by atoms with E-state index in [2.05, 4.69) is 5.32 Å². The molecule has 1 amide bonds. The first-order valence-corrected chi connectivity index (χ1v) is 6.47. The standard InChI is InChI=1S/C15H19NO3/c1-4-10(2)16-15(17)7-11-9-19-14-8-12(18-3)5-6-13(11)14/h5-6,8-10H,4,7H2,1-3H3,(H,16,17). The highest BCUT2D eigenvalue weighted by molar-refractivity contribution is 5.88. The fourth-order valence-electron chi connectivity index (χ4n) is 1.93. The van der Waals surface area contributed by atoms with Gasteiger partial charge in [0.15, 0.2) is 0 Å². The largest absolute Gasteiger partial charge is 0.497 e. The molecule has 1 N–H and O–H groups in total. The van der Waals surface area contributed by atoms with Crippen molar-refractivity contribution in [1.29, 1.82) is 0 Å². The molecule has 0 saturated carbocycles. The minimum Gasteiger partial charge on any atom is -0.497 e. The second-order valence-electron chi connectivity index (χ2n) is 4.68. The number of rotatable bonds is 5. The van der Waals surface area contributed by atoms with Crippen molar-refractivity contribution in [3.05, 3.63) is 30.0 Å². The summed E-state index contributed by atoms with van der Waals surface area (Å²) in [5, 5.41) is 3.91. The van der Waals surface area contributed by atoms with Crippen molar-refractivity contribution < 1.29 is 13.9 Å². The number of fused-ring (bicyclic) bond motifs is 1. The Bertz CT molecular complexity index is 574. The van der Waals surface area contributed by atoms with Crippen LogP contribution in [0.25, 0.3) is 11.0 Å². The lowest BCUT2D eigenvalue weighted by Gasteiger charge is -2.10. The molecule has 2 aromatic rings. The highest BCUT2D eigenvalue weighted by atomic mass is 16.5. The predicted molar refractivity (Wildman–Crippen MR) is 74.4 cm³/mol. The Hall–Kier alpha value is -1.97. The molecule has 0 aliphatic heterocycles. The Balaban J connectivity index is 2.15. The molecular weight excluding hydrogens is 242 g/mol. The minimum absolute atomic E-state index is 0.0212. The van der Waals surface area contributed by atoms with Gasteiger partial charge in [0.2, 0.25) is 5.91 Å². The van der Waals surface area contributed by atoms with E-state index in [0.717, 1.165) is 28.7 Å². The topological polar surface area (TPSA) is 51.5 Å². The molecule has 1 unspecified atom stereocenters. The van der Waals surface area contributed by atoms with Crippen LogP contribution in [0, 0.1) is 0 Å². The third-order valence-electron chi connectivity index (χ3n) is 3.23. The number of hydrogen-bond acceptors (Lipinski definition) is 3. The summed E-state index contributed by atoms with van der Waals surface area (Å²) in [4.78, 5) is 11.9. The second kappa shape index (κ2) is 5.78. The average molecular weight is 261 g/mol. The number of benzene rings is 1. The third-order valence-corrected chi connectivity index (χ3v) is 3.23. The molecule has 2 rings (SSSR count). The first kappa shape index (κ1) is 13.5. The first-order valence-electron chi connectivity index (χ1n) is 6.47. The number of carbonyl (C=O) groups is 1. The molecule has 4 heteroatoms. The van der Waals surface area contributed by atoms with Crippen LogP contribution in [0.1, 0.15) is 25.8 Å². The van der Waals surface area contributed by atoms with E-state index in [9.17, 15) is 4.79 Å². The van der Waals surface area contributed by atoms with Crippen molar-refractivity contribution >= 4 is 16.9 Å². The lowest BCUT2D eigenvalue weighted by Crippen LogP contribution is -2.33. The number of hydrogen-bond donors (Lipinski definition) is 1. The molecule has 0 aliphatic carbocycles. The van der Waals surface area contributed by atoms with Gasteiger partial charge in [-0.2, -0.15) is 0 Å². The lowest BCUT2D eigenvalue weighted by molar-refractivity contribution is -0.121. The van der Waals surface area contributed by atoms with E-state index in [4.69, 9.17) is 9.15 Å². The summed E-state index contributed by atoms with van der Waals surface area (Å²) in [6.07, 6.45) is 2.90. The van der Waals surface area contributed by atoms with Crippen LogP contribution in [0.2, 0.25) is 0 Å². The number of ether oxygens (including phenoxy) is 1. The Labute approximate surface area is 112 Å². The van der Waals surface area contributed by atoms with E-state index in [0.29, 0.717) is 6.42 Å². The van der Waals surface area contributed by atoms with Crippen molar-refractivity contribution in [2.45, 2.75) is 32.7 Å². The van der Waals surface area contributed by atoms with E-state index < -0.39 is 0 Å². The number of amides is 1. The molecule has 1 heterocycles. The summed E-state index contributed by atoms with van der Waals surface area (Å²) in [7, 11) is 1.62. The molecule has 0 saturated heterocycles. The second-order valence-corrected chi connectivity index (χ2v) is 4.68. The van der Waals surface area contributed by atoms with Gasteiger partial charge in [-0.3, -0.25) is 4.79 Å². The Morgan fingerprint density at radius 3 is 2.95 bits per heavy atom. The Morgan fingerprint density at radius 1 is 1.47 bits per heavy atom. The molecule has 102 valence electrons. The van der Waals surface area contributed by atoms with Crippen LogP contribution in [0.3, 0.4) is 0 Å².